The second kappa shape index (κ2) is 6.75. The Morgan fingerprint density at radius 1 is 1.05 bits per heavy atom. The summed E-state index contributed by atoms with van der Waals surface area (Å²) in [4.78, 5) is 5.44. The van der Waals surface area contributed by atoms with Crippen molar-refractivity contribution in [3.05, 3.63) is 66.4 Å². The number of ether oxygens (including phenoxy) is 1. The van der Waals surface area contributed by atoms with E-state index in [1.165, 1.54) is 6.07 Å². The van der Waals surface area contributed by atoms with Crippen molar-refractivity contribution in [2.45, 2.75) is 17.3 Å². The number of benzene rings is 2. The van der Waals surface area contributed by atoms with Crippen molar-refractivity contribution >= 4 is 22.7 Å². The normalized spacial score (nSPS) is 11.0. The van der Waals surface area contributed by atoms with Crippen LogP contribution >= 0.6 is 11.8 Å². The molecular weight excluding hydrogens is 304 g/mol. The van der Waals surface area contributed by atoms with Crippen molar-refractivity contribution in [2.75, 3.05) is 0 Å². The third-order valence-corrected chi connectivity index (χ3v) is 4.27. The third kappa shape index (κ3) is 3.54. The summed E-state index contributed by atoms with van der Waals surface area (Å²) < 4.78 is 28.9. The van der Waals surface area contributed by atoms with Crippen LogP contribution in [0.2, 0.25) is 0 Å². The number of pyridine rings is 1. The number of fused-ring (bicyclic) bond motifs is 1. The van der Waals surface area contributed by atoms with Gasteiger partial charge in [-0.2, -0.15) is 8.78 Å². The van der Waals surface area contributed by atoms with Gasteiger partial charge in [0.2, 0.25) is 0 Å². The lowest BCUT2D eigenvalue weighted by Crippen LogP contribution is -2.01. The maximum atomic E-state index is 12.2. The smallest absolute Gasteiger partial charge is 0.387 e. The summed E-state index contributed by atoms with van der Waals surface area (Å²) in [5, 5.41) is 1.09. The summed E-state index contributed by atoms with van der Waals surface area (Å²) in [6.45, 7) is -2.80. The molecule has 0 bridgehead atoms. The molecule has 0 radical (unpaired) electrons. The van der Waals surface area contributed by atoms with Gasteiger partial charge in [-0.3, -0.25) is 4.98 Å². The van der Waals surface area contributed by atoms with E-state index in [9.17, 15) is 8.78 Å². The molecule has 0 fully saturated rings. The lowest BCUT2D eigenvalue weighted by atomic mass is 10.2. The molecule has 5 heteroatoms. The lowest BCUT2D eigenvalue weighted by Gasteiger charge is -2.08. The van der Waals surface area contributed by atoms with Gasteiger partial charge in [0.25, 0.3) is 0 Å². The van der Waals surface area contributed by atoms with Gasteiger partial charge in [-0.25, -0.2) is 0 Å². The van der Waals surface area contributed by atoms with Crippen LogP contribution in [0, 0.1) is 0 Å². The summed E-state index contributed by atoms with van der Waals surface area (Å²) in [5.74, 6) is 0.863. The Morgan fingerprint density at radius 2 is 1.91 bits per heavy atom. The molecule has 0 amide bonds. The van der Waals surface area contributed by atoms with Gasteiger partial charge in [0.05, 0.1) is 5.52 Å². The Balaban J connectivity index is 1.77. The number of rotatable bonds is 5. The number of para-hydroxylation sites is 1. The zero-order chi connectivity index (χ0) is 15.4. The molecule has 2 aromatic carbocycles. The number of hydrogen-bond acceptors (Lipinski definition) is 3. The lowest BCUT2D eigenvalue weighted by molar-refractivity contribution is -0.0498. The van der Waals surface area contributed by atoms with Crippen LogP contribution in [-0.4, -0.2) is 11.6 Å². The molecule has 0 unspecified atom stereocenters. The fourth-order valence-electron chi connectivity index (χ4n) is 2.17. The van der Waals surface area contributed by atoms with E-state index < -0.39 is 6.61 Å². The van der Waals surface area contributed by atoms with E-state index >= 15 is 0 Å². The Hall–Kier alpha value is -2.14. The molecule has 0 saturated heterocycles. The molecule has 0 aliphatic carbocycles. The predicted molar refractivity (Wildman–Crippen MR) is 84.4 cm³/mol. The maximum Gasteiger partial charge on any atom is 0.387 e. The first kappa shape index (κ1) is 14.8. The monoisotopic (exact) mass is 317 g/mol. The first-order valence-corrected chi connectivity index (χ1v) is 7.71. The van der Waals surface area contributed by atoms with Crippen molar-refractivity contribution in [3.63, 3.8) is 0 Å². The van der Waals surface area contributed by atoms with Crippen molar-refractivity contribution in [2.24, 2.45) is 0 Å². The van der Waals surface area contributed by atoms with Gasteiger partial charge < -0.3 is 4.74 Å². The highest BCUT2D eigenvalue weighted by Gasteiger charge is 2.06. The second-order valence-electron chi connectivity index (χ2n) is 4.64. The van der Waals surface area contributed by atoms with E-state index in [0.717, 1.165) is 21.4 Å². The summed E-state index contributed by atoms with van der Waals surface area (Å²) in [5.41, 5.74) is 1.88. The molecule has 0 aliphatic heterocycles. The SMILES string of the molecule is FC(F)Oc1cccc(CSc2ccnc3ccccc23)c1. The molecule has 3 rings (SSSR count). The first-order valence-electron chi connectivity index (χ1n) is 6.73. The molecule has 0 atom stereocenters. The highest BCUT2D eigenvalue weighted by atomic mass is 32.2. The number of aromatic nitrogens is 1. The second-order valence-corrected chi connectivity index (χ2v) is 5.66. The van der Waals surface area contributed by atoms with Crippen LogP contribution in [0.15, 0.2) is 65.7 Å². The summed E-state index contributed by atoms with van der Waals surface area (Å²) in [6.07, 6.45) is 1.78. The van der Waals surface area contributed by atoms with Crippen LogP contribution in [0.5, 0.6) is 5.75 Å². The molecule has 0 saturated carbocycles. The average Bonchev–Trinajstić information content (AvgIpc) is 2.52. The van der Waals surface area contributed by atoms with Gasteiger partial charge in [-0.15, -0.1) is 11.8 Å². The highest BCUT2D eigenvalue weighted by Crippen LogP contribution is 2.30. The van der Waals surface area contributed by atoms with Crippen molar-refractivity contribution in [1.82, 2.24) is 4.98 Å². The van der Waals surface area contributed by atoms with E-state index in [4.69, 9.17) is 0 Å². The van der Waals surface area contributed by atoms with E-state index in [0.29, 0.717) is 5.75 Å². The summed E-state index contributed by atoms with van der Waals surface area (Å²) in [7, 11) is 0. The molecule has 1 aromatic heterocycles. The van der Waals surface area contributed by atoms with Crippen LogP contribution in [0.3, 0.4) is 0 Å². The number of alkyl halides is 2. The zero-order valence-corrected chi connectivity index (χ0v) is 12.4. The van der Waals surface area contributed by atoms with Gasteiger partial charge in [0, 0.05) is 22.2 Å². The van der Waals surface area contributed by atoms with Crippen molar-refractivity contribution < 1.29 is 13.5 Å². The highest BCUT2D eigenvalue weighted by molar-refractivity contribution is 7.98. The van der Waals surface area contributed by atoms with E-state index in [-0.39, 0.29) is 5.75 Å². The zero-order valence-electron chi connectivity index (χ0n) is 11.6. The van der Waals surface area contributed by atoms with E-state index in [1.807, 2.05) is 36.4 Å². The van der Waals surface area contributed by atoms with Gasteiger partial charge in [0.15, 0.2) is 0 Å². The van der Waals surface area contributed by atoms with Crippen LogP contribution in [0.4, 0.5) is 8.78 Å². The molecule has 0 N–H and O–H groups in total. The molecule has 2 nitrogen and oxygen atoms in total. The van der Waals surface area contributed by atoms with Gasteiger partial charge >= 0.3 is 6.61 Å². The fourth-order valence-corrected chi connectivity index (χ4v) is 3.15. The Labute approximate surface area is 131 Å². The standard InChI is InChI=1S/C17H13F2NOS/c18-17(19)21-13-5-3-4-12(10-13)11-22-16-8-9-20-15-7-2-1-6-14(15)16/h1-10,17H,11H2. The quantitative estimate of drug-likeness (QED) is 0.609. The van der Waals surface area contributed by atoms with Gasteiger partial charge in [-0.05, 0) is 29.8 Å². The van der Waals surface area contributed by atoms with E-state index in [1.54, 1.807) is 30.1 Å². The molecule has 3 aromatic rings. The van der Waals surface area contributed by atoms with Crippen LogP contribution in [0.1, 0.15) is 5.56 Å². The molecule has 0 spiro atoms. The maximum absolute atomic E-state index is 12.2. The largest absolute Gasteiger partial charge is 0.435 e. The Morgan fingerprint density at radius 3 is 2.77 bits per heavy atom. The molecule has 22 heavy (non-hydrogen) atoms. The fraction of sp³-hybridized carbons (Fsp3) is 0.118. The summed E-state index contributed by atoms with van der Waals surface area (Å²) >= 11 is 1.65. The van der Waals surface area contributed by atoms with Gasteiger partial charge in [0.1, 0.15) is 5.75 Å². The first-order chi connectivity index (χ1) is 10.7. The number of thioether (sulfide) groups is 1. The minimum atomic E-state index is -2.80. The average molecular weight is 317 g/mol. The predicted octanol–water partition coefficient (Wildman–Crippen LogP) is 5.13. The van der Waals surface area contributed by atoms with E-state index in [2.05, 4.69) is 9.72 Å². The van der Waals surface area contributed by atoms with Crippen molar-refractivity contribution in [3.8, 4) is 5.75 Å². The van der Waals surface area contributed by atoms with Gasteiger partial charge in [-0.1, -0.05) is 30.3 Å². The molecule has 112 valence electrons. The van der Waals surface area contributed by atoms with Crippen LogP contribution in [-0.2, 0) is 5.75 Å². The molecular formula is C17H13F2NOS. The van der Waals surface area contributed by atoms with Crippen LogP contribution < -0.4 is 4.74 Å². The molecule has 0 aliphatic rings. The van der Waals surface area contributed by atoms with Crippen LogP contribution in [0.25, 0.3) is 10.9 Å². The topological polar surface area (TPSA) is 22.1 Å². The number of hydrogen-bond donors (Lipinski definition) is 0. The van der Waals surface area contributed by atoms with Crippen molar-refractivity contribution in [1.29, 1.82) is 0 Å². The third-order valence-electron chi connectivity index (χ3n) is 3.13. The Bertz CT molecular complexity index is 774. The minimum absolute atomic E-state index is 0.188. The summed E-state index contributed by atoms with van der Waals surface area (Å²) in [6, 6.07) is 16.7. The Kier molecular flexibility index (Phi) is 4.53. The molecule has 1 heterocycles. The minimum Gasteiger partial charge on any atom is -0.435 e. The number of halogens is 2. The number of nitrogens with zero attached hydrogens (tertiary/aromatic N) is 1.